The minimum Gasteiger partial charge on any atom is -0.619 e. The Morgan fingerprint density at radius 2 is 1.85 bits per heavy atom. The van der Waals surface area contributed by atoms with Crippen LogP contribution < -0.4 is 19.5 Å². The van der Waals surface area contributed by atoms with E-state index in [0.29, 0.717) is 15.2 Å². The van der Waals surface area contributed by atoms with E-state index in [1.54, 1.807) is 19.9 Å². The number of carbonyl (C=O) groups is 1. The van der Waals surface area contributed by atoms with E-state index in [-0.39, 0.29) is 38.3 Å². The molecule has 39 heavy (non-hydrogen) atoms. The molecule has 3 heterocycles. The molecule has 4 aromatic rings. The monoisotopic (exact) mass is 594 g/mol. The lowest BCUT2D eigenvalue weighted by atomic mass is 10.1. The number of aromatic nitrogens is 2. The number of nitrogens with zero attached hydrogens (tertiary/aromatic N) is 2. The second-order valence-corrected chi connectivity index (χ2v) is 12.0. The summed E-state index contributed by atoms with van der Waals surface area (Å²) in [6, 6.07) is 8.08. The quantitative estimate of drug-likeness (QED) is 0.207. The van der Waals surface area contributed by atoms with Crippen molar-refractivity contribution in [3.63, 3.8) is 0 Å². The summed E-state index contributed by atoms with van der Waals surface area (Å²) >= 11 is 7.22. The Bertz CT molecular complexity index is 1660. The zero-order chi connectivity index (χ0) is 28.5. The Balaban J connectivity index is 1.61. The number of thiophene rings is 1. The van der Waals surface area contributed by atoms with Gasteiger partial charge in [0, 0.05) is 27.2 Å². The fourth-order valence-electron chi connectivity index (χ4n) is 3.69. The number of sulfonamides is 1. The van der Waals surface area contributed by atoms with Gasteiger partial charge in [0.05, 0.1) is 28.6 Å². The van der Waals surface area contributed by atoms with Gasteiger partial charge in [0.2, 0.25) is 16.2 Å². The molecule has 0 aliphatic heterocycles. The van der Waals surface area contributed by atoms with Gasteiger partial charge < -0.3 is 15.3 Å². The second-order valence-electron chi connectivity index (χ2n) is 8.55. The molecule has 0 aliphatic carbocycles. The third kappa shape index (κ3) is 7.19. The first kappa shape index (κ1) is 28.2. The van der Waals surface area contributed by atoms with E-state index >= 15 is 0 Å². The van der Waals surface area contributed by atoms with Crippen molar-refractivity contribution in [1.82, 2.24) is 4.98 Å². The normalized spacial score (nSPS) is 12.2. The predicted molar refractivity (Wildman–Crippen MR) is 145 cm³/mol. The Labute approximate surface area is 231 Å². The number of pyridine rings is 2. The highest BCUT2D eigenvalue weighted by Crippen LogP contribution is 2.37. The van der Waals surface area contributed by atoms with Crippen molar-refractivity contribution in [2.75, 3.05) is 16.3 Å². The van der Waals surface area contributed by atoms with Crippen molar-refractivity contribution in [3.05, 3.63) is 92.2 Å². The number of amides is 1. The number of rotatable bonds is 8. The summed E-state index contributed by atoms with van der Waals surface area (Å²) in [5.74, 6) is -1.90. The van der Waals surface area contributed by atoms with Crippen LogP contribution in [0.5, 0.6) is 5.75 Å². The molecule has 0 fully saturated rings. The number of halogens is 3. The molecule has 0 spiro atoms. The highest BCUT2D eigenvalue weighted by atomic mass is 35.5. The maximum atomic E-state index is 14.1. The van der Waals surface area contributed by atoms with E-state index in [2.05, 4.69) is 15.0 Å². The fourth-order valence-corrected chi connectivity index (χ4v) is 5.39. The minimum absolute atomic E-state index is 0.0309. The van der Waals surface area contributed by atoms with Gasteiger partial charge in [-0.05, 0) is 44.2 Å². The van der Waals surface area contributed by atoms with Crippen LogP contribution in [-0.4, -0.2) is 25.6 Å². The molecule has 4 rings (SSSR count). The van der Waals surface area contributed by atoms with E-state index in [1.807, 2.05) is 0 Å². The van der Waals surface area contributed by atoms with Gasteiger partial charge in [0.25, 0.3) is 5.91 Å². The number of ether oxygens (including phenoxy) is 1. The summed E-state index contributed by atoms with van der Waals surface area (Å²) in [4.78, 5) is 18.1. The molecule has 1 aromatic carbocycles. The smallest absolute Gasteiger partial charge is 0.265 e. The van der Waals surface area contributed by atoms with Crippen LogP contribution in [0.2, 0.25) is 5.02 Å². The minimum atomic E-state index is -3.56. The largest absolute Gasteiger partial charge is 0.619 e. The molecule has 1 amide bonds. The highest BCUT2D eigenvalue weighted by molar-refractivity contribution is 7.92. The molecule has 2 N–H and O–H groups in total. The Morgan fingerprint density at radius 1 is 1.13 bits per heavy atom. The summed E-state index contributed by atoms with van der Waals surface area (Å²) < 4.78 is 59.4. The van der Waals surface area contributed by atoms with Gasteiger partial charge in [-0.3, -0.25) is 9.52 Å². The van der Waals surface area contributed by atoms with Crippen molar-refractivity contribution in [3.8, 4) is 17.0 Å². The topological polar surface area (TPSA) is 124 Å². The van der Waals surface area contributed by atoms with Crippen molar-refractivity contribution < 1.29 is 31.5 Å². The van der Waals surface area contributed by atoms with Gasteiger partial charge in [0.1, 0.15) is 23.4 Å². The van der Waals surface area contributed by atoms with E-state index in [1.165, 1.54) is 18.2 Å². The van der Waals surface area contributed by atoms with Gasteiger partial charge in [0.15, 0.2) is 12.0 Å². The average Bonchev–Trinajstić information content (AvgIpc) is 3.18. The van der Waals surface area contributed by atoms with Crippen molar-refractivity contribution in [2.24, 2.45) is 0 Å². The molecule has 0 saturated heterocycles. The van der Waals surface area contributed by atoms with Crippen LogP contribution in [0.25, 0.3) is 11.3 Å². The molecule has 0 radical (unpaired) electrons. The standard InChI is InChI=1S/C25H21ClF2N4O5S2/c1-13(15-4-18(28)12-32(34)11-15)37-22-7-17(27)10-29-24(22)21-9-23(38-14(21)2)25(33)30-19-5-16(26)6-20(8-19)31-39(3,35)36/h4-13,31H,1-3H3,(H,30,33)/t13-/m0/s1. The van der Waals surface area contributed by atoms with Gasteiger partial charge in [-0.1, -0.05) is 11.6 Å². The molecule has 14 heteroatoms. The van der Waals surface area contributed by atoms with Crippen LogP contribution in [-0.2, 0) is 10.0 Å². The van der Waals surface area contributed by atoms with Crippen molar-refractivity contribution in [2.45, 2.75) is 20.0 Å². The number of aryl methyl sites for hydroxylation is 1. The first-order valence-electron chi connectivity index (χ1n) is 11.2. The van der Waals surface area contributed by atoms with Crippen LogP contribution in [0.15, 0.2) is 55.0 Å². The van der Waals surface area contributed by atoms with Gasteiger partial charge in [-0.15, -0.1) is 11.3 Å². The first-order valence-corrected chi connectivity index (χ1v) is 14.3. The van der Waals surface area contributed by atoms with Crippen molar-refractivity contribution in [1.29, 1.82) is 0 Å². The number of benzene rings is 1. The lowest BCUT2D eigenvalue weighted by Crippen LogP contribution is -2.27. The van der Waals surface area contributed by atoms with Crippen LogP contribution >= 0.6 is 22.9 Å². The Morgan fingerprint density at radius 3 is 2.54 bits per heavy atom. The van der Waals surface area contributed by atoms with Crippen LogP contribution in [0, 0.1) is 23.8 Å². The summed E-state index contributed by atoms with van der Waals surface area (Å²) in [7, 11) is -3.56. The second kappa shape index (κ2) is 11.1. The molecule has 1 atom stereocenters. The summed E-state index contributed by atoms with van der Waals surface area (Å²) in [6.07, 6.45) is 3.06. The molecule has 3 aromatic heterocycles. The van der Waals surface area contributed by atoms with Crippen molar-refractivity contribution >= 4 is 50.2 Å². The maximum Gasteiger partial charge on any atom is 0.265 e. The fraction of sp³-hybridized carbons (Fsp3) is 0.160. The molecule has 0 aliphatic rings. The van der Waals surface area contributed by atoms with E-state index in [4.69, 9.17) is 16.3 Å². The number of hydrogen-bond donors (Lipinski definition) is 2. The molecule has 204 valence electrons. The zero-order valence-corrected chi connectivity index (χ0v) is 23.0. The Hall–Kier alpha value is -3.81. The van der Waals surface area contributed by atoms with E-state index in [0.717, 1.165) is 48.3 Å². The molecule has 0 unspecified atom stereocenters. The maximum absolute atomic E-state index is 14.1. The van der Waals surface area contributed by atoms with Gasteiger partial charge >= 0.3 is 0 Å². The number of anilines is 2. The summed E-state index contributed by atoms with van der Waals surface area (Å²) in [5, 5.41) is 14.5. The first-order chi connectivity index (χ1) is 18.3. The SMILES string of the molecule is Cc1sc(C(=O)Nc2cc(Cl)cc(NS(C)(=O)=O)c2)cc1-c1ncc(F)cc1O[C@@H](C)c1cc(F)c[n+]([O-])c1. The van der Waals surface area contributed by atoms with Gasteiger partial charge in [-0.2, -0.15) is 4.73 Å². The predicted octanol–water partition coefficient (Wildman–Crippen LogP) is 5.45. The lowest BCUT2D eigenvalue weighted by molar-refractivity contribution is -0.607. The number of nitrogens with one attached hydrogen (secondary N) is 2. The van der Waals surface area contributed by atoms with Crippen LogP contribution in [0.4, 0.5) is 20.2 Å². The molecule has 9 nitrogen and oxygen atoms in total. The summed E-state index contributed by atoms with van der Waals surface area (Å²) in [6.45, 7) is 3.32. The molecular weight excluding hydrogens is 574 g/mol. The highest BCUT2D eigenvalue weighted by Gasteiger charge is 2.21. The third-order valence-electron chi connectivity index (χ3n) is 5.28. The van der Waals surface area contributed by atoms with E-state index < -0.39 is 33.7 Å². The third-order valence-corrected chi connectivity index (χ3v) is 7.15. The molecular formula is C25H21ClF2N4O5S2. The number of carbonyl (C=O) groups excluding carboxylic acids is 1. The number of hydrogen-bond acceptors (Lipinski definition) is 7. The van der Waals surface area contributed by atoms with Crippen LogP contribution in [0.3, 0.4) is 0 Å². The van der Waals surface area contributed by atoms with Crippen LogP contribution in [0.1, 0.15) is 33.1 Å². The van der Waals surface area contributed by atoms with E-state index in [9.17, 15) is 27.2 Å². The van der Waals surface area contributed by atoms with Gasteiger partial charge in [-0.25, -0.2) is 22.2 Å². The zero-order valence-electron chi connectivity index (χ0n) is 20.7. The lowest BCUT2D eigenvalue weighted by Gasteiger charge is -2.17. The molecule has 0 bridgehead atoms. The summed E-state index contributed by atoms with van der Waals surface area (Å²) in [5.41, 5.74) is 1.40. The average molecular weight is 595 g/mol. The Kier molecular flexibility index (Phi) is 8.04. The molecule has 0 saturated carbocycles.